The third-order valence-corrected chi connectivity index (χ3v) is 6.52. The van der Waals surface area contributed by atoms with Crippen molar-refractivity contribution in [1.82, 2.24) is 9.88 Å². The van der Waals surface area contributed by atoms with Gasteiger partial charge >= 0.3 is 0 Å². The number of benzene rings is 2. The molecule has 1 unspecified atom stereocenters. The molecule has 3 aromatic rings. The average Bonchev–Trinajstić information content (AvgIpc) is 3.18. The molecular formula is C30H33N3O4. The molecule has 1 atom stereocenters. The summed E-state index contributed by atoms with van der Waals surface area (Å²) in [7, 11) is 0. The summed E-state index contributed by atoms with van der Waals surface area (Å²) in [6.07, 6.45) is 2.50. The third-order valence-electron chi connectivity index (χ3n) is 6.52. The molecule has 1 aliphatic rings. The maximum absolute atomic E-state index is 13.4. The second-order valence-electron chi connectivity index (χ2n) is 8.89. The van der Waals surface area contributed by atoms with E-state index in [0.717, 1.165) is 30.8 Å². The lowest BCUT2D eigenvalue weighted by Gasteiger charge is -2.26. The second kappa shape index (κ2) is 11.7. The molecule has 1 N–H and O–H groups in total. The van der Waals surface area contributed by atoms with Crippen LogP contribution in [0.15, 0.2) is 78.5 Å². The van der Waals surface area contributed by atoms with E-state index in [1.54, 1.807) is 36.5 Å². The van der Waals surface area contributed by atoms with Crippen molar-refractivity contribution in [3.05, 3.63) is 95.3 Å². The summed E-state index contributed by atoms with van der Waals surface area (Å²) in [6.45, 7) is 8.62. The highest BCUT2D eigenvalue weighted by atomic mass is 16.5. The van der Waals surface area contributed by atoms with E-state index < -0.39 is 17.7 Å². The first-order valence-electron chi connectivity index (χ1n) is 12.7. The van der Waals surface area contributed by atoms with Gasteiger partial charge in [0.05, 0.1) is 30.5 Å². The number of likely N-dealkylation sites (tertiary alicyclic amines) is 1. The summed E-state index contributed by atoms with van der Waals surface area (Å²) in [6, 6.07) is 19.5. The van der Waals surface area contributed by atoms with Gasteiger partial charge in [0.15, 0.2) is 0 Å². The Hall–Kier alpha value is -4.13. The van der Waals surface area contributed by atoms with Crippen molar-refractivity contribution in [3.63, 3.8) is 0 Å². The predicted molar refractivity (Wildman–Crippen MR) is 144 cm³/mol. The Bertz CT molecular complexity index is 1270. The van der Waals surface area contributed by atoms with Gasteiger partial charge in [0.2, 0.25) is 0 Å². The molecule has 1 fully saturated rings. The van der Waals surface area contributed by atoms with Crippen molar-refractivity contribution >= 4 is 23.1 Å². The minimum atomic E-state index is -0.757. The van der Waals surface area contributed by atoms with Gasteiger partial charge in [-0.1, -0.05) is 37.3 Å². The van der Waals surface area contributed by atoms with E-state index in [-0.39, 0.29) is 17.9 Å². The fourth-order valence-corrected chi connectivity index (χ4v) is 4.62. The lowest BCUT2D eigenvalue weighted by molar-refractivity contribution is -0.140. The first-order chi connectivity index (χ1) is 18.0. The van der Waals surface area contributed by atoms with Crippen molar-refractivity contribution in [2.75, 3.05) is 24.6 Å². The van der Waals surface area contributed by atoms with Crippen molar-refractivity contribution in [3.8, 4) is 5.75 Å². The molecule has 7 heteroatoms. The summed E-state index contributed by atoms with van der Waals surface area (Å²) in [4.78, 5) is 34.7. The number of hydrogen-bond acceptors (Lipinski definition) is 6. The first kappa shape index (κ1) is 25.9. The van der Waals surface area contributed by atoms with Gasteiger partial charge in [-0.15, -0.1) is 0 Å². The van der Waals surface area contributed by atoms with E-state index in [2.05, 4.69) is 23.7 Å². The van der Waals surface area contributed by atoms with Crippen LogP contribution in [-0.4, -0.2) is 46.4 Å². The van der Waals surface area contributed by atoms with Gasteiger partial charge in [0.1, 0.15) is 11.5 Å². The van der Waals surface area contributed by atoms with E-state index >= 15 is 0 Å². The smallest absolute Gasteiger partial charge is 0.296 e. The third kappa shape index (κ3) is 5.50. The zero-order chi connectivity index (χ0) is 26.4. The molecule has 2 heterocycles. The van der Waals surface area contributed by atoms with Crippen molar-refractivity contribution < 1.29 is 19.4 Å². The van der Waals surface area contributed by atoms with E-state index in [4.69, 9.17) is 4.74 Å². The predicted octanol–water partition coefficient (Wildman–Crippen LogP) is 5.34. The number of ether oxygens (including phenoxy) is 1. The molecule has 7 nitrogen and oxygen atoms in total. The van der Waals surface area contributed by atoms with Gasteiger partial charge in [-0.05, 0) is 62.2 Å². The molecule has 1 amide bonds. The molecule has 1 aromatic heterocycles. The van der Waals surface area contributed by atoms with Gasteiger partial charge in [-0.25, -0.2) is 0 Å². The van der Waals surface area contributed by atoms with Crippen LogP contribution in [0.3, 0.4) is 0 Å². The molecule has 1 aliphatic heterocycles. The van der Waals surface area contributed by atoms with Crippen molar-refractivity contribution in [2.45, 2.75) is 39.8 Å². The van der Waals surface area contributed by atoms with E-state index in [9.17, 15) is 14.7 Å². The number of Topliss-reactive ketones (excluding diaryl/α,β-unsaturated/α-hetero) is 1. The quantitative estimate of drug-likeness (QED) is 0.230. The lowest BCUT2D eigenvalue weighted by Crippen LogP contribution is -2.29. The Morgan fingerprint density at radius 3 is 2.41 bits per heavy atom. The number of carbonyl (C=O) groups is 2. The molecular weight excluding hydrogens is 466 g/mol. The van der Waals surface area contributed by atoms with Crippen LogP contribution in [0.2, 0.25) is 0 Å². The van der Waals surface area contributed by atoms with Gasteiger partial charge in [0.25, 0.3) is 11.7 Å². The summed E-state index contributed by atoms with van der Waals surface area (Å²) < 4.78 is 5.72. The van der Waals surface area contributed by atoms with Gasteiger partial charge in [0, 0.05) is 30.5 Å². The maximum Gasteiger partial charge on any atom is 0.296 e. The summed E-state index contributed by atoms with van der Waals surface area (Å²) in [5.74, 6) is -1.01. The highest BCUT2D eigenvalue weighted by Crippen LogP contribution is 2.41. The normalized spacial score (nSPS) is 16.7. The summed E-state index contributed by atoms with van der Waals surface area (Å²) >= 11 is 0. The number of aliphatic hydroxyl groups is 1. The number of pyridine rings is 1. The Balaban J connectivity index is 1.81. The van der Waals surface area contributed by atoms with Gasteiger partial charge < -0.3 is 19.6 Å². The SMILES string of the molecule is CCCOc1cccc(/C(O)=C2/C(=O)C(=O)N(Cc3ccccn3)C2c2ccc(N(CC)CC)cc2)c1. The molecule has 0 saturated carbocycles. The van der Waals surface area contributed by atoms with Crippen LogP contribution in [0, 0.1) is 0 Å². The topological polar surface area (TPSA) is 83.0 Å². The summed E-state index contributed by atoms with van der Waals surface area (Å²) in [5, 5.41) is 11.4. The Kier molecular flexibility index (Phi) is 8.23. The molecule has 4 rings (SSSR count). The molecule has 37 heavy (non-hydrogen) atoms. The number of hydrogen-bond donors (Lipinski definition) is 1. The number of aliphatic hydroxyl groups excluding tert-OH is 1. The standard InChI is InChI=1S/C30H33N3O4/c1-4-18-37-25-12-9-10-22(19-25)28(34)26-27(21-13-15-24(16-14-21)32(5-2)6-3)33(30(36)29(26)35)20-23-11-7-8-17-31-23/h7-17,19,27,34H,4-6,18,20H2,1-3H3/b28-26-. The fraction of sp³-hybridized carbons (Fsp3) is 0.300. The minimum Gasteiger partial charge on any atom is -0.507 e. The van der Waals surface area contributed by atoms with Crippen molar-refractivity contribution in [2.24, 2.45) is 0 Å². The maximum atomic E-state index is 13.4. The van der Waals surface area contributed by atoms with Crippen LogP contribution in [-0.2, 0) is 16.1 Å². The number of anilines is 1. The number of aromatic nitrogens is 1. The van der Waals surface area contributed by atoms with E-state index in [0.29, 0.717) is 23.6 Å². The van der Waals surface area contributed by atoms with Crippen LogP contribution in [0.1, 0.15) is 50.1 Å². The average molecular weight is 500 g/mol. The Morgan fingerprint density at radius 1 is 1.00 bits per heavy atom. The second-order valence-corrected chi connectivity index (χ2v) is 8.89. The summed E-state index contributed by atoms with van der Waals surface area (Å²) in [5.41, 5.74) is 2.93. The highest BCUT2D eigenvalue weighted by molar-refractivity contribution is 6.46. The molecule has 0 spiro atoms. The Morgan fingerprint density at radius 2 is 1.76 bits per heavy atom. The van der Waals surface area contributed by atoms with E-state index in [1.807, 2.05) is 43.3 Å². The van der Waals surface area contributed by atoms with Gasteiger partial charge in [-0.2, -0.15) is 0 Å². The Labute approximate surface area is 218 Å². The number of rotatable bonds is 10. The van der Waals surface area contributed by atoms with Crippen LogP contribution < -0.4 is 9.64 Å². The number of amides is 1. The molecule has 0 bridgehead atoms. The molecule has 0 aliphatic carbocycles. The number of nitrogens with zero attached hydrogens (tertiary/aromatic N) is 3. The first-order valence-corrected chi connectivity index (χ1v) is 12.7. The minimum absolute atomic E-state index is 0.0594. The van der Waals surface area contributed by atoms with Crippen LogP contribution >= 0.6 is 0 Å². The van der Waals surface area contributed by atoms with Crippen molar-refractivity contribution in [1.29, 1.82) is 0 Å². The number of ketones is 1. The monoisotopic (exact) mass is 499 g/mol. The molecule has 2 aromatic carbocycles. The largest absolute Gasteiger partial charge is 0.507 e. The van der Waals surface area contributed by atoms with Crippen LogP contribution in [0.4, 0.5) is 5.69 Å². The number of carbonyl (C=O) groups excluding carboxylic acids is 2. The zero-order valence-corrected chi connectivity index (χ0v) is 21.6. The van der Waals surface area contributed by atoms with Crippen LogP contribution in [0.25, 0.3) is 5.76 Å². The molecule has 0 radical (unpaired) electrons. The molecule has 192 valence electrons. The lowest BCUT2D eigenvalue weighted by atomic mass is 9.95. The fourth-order valence-electron chi connectivity index (χ4n) is 4.62. The zero-order valence-electron chi connectivity index (χ0n) is 21.6. The van der Waals surface area contributed by atoms with E-state index in [1.165, 1.54) is 4.90 Å². The highest BCUT2D eigenvalue weighted by Gasteiger charge is 2.46. The molecule has 1 saturated heterocycles. The van der Waals surface area contributed by atoms with Gasteiger partial charge in [-0.3, -0.25) is 14.6 Å². The van der Waals surface area contributed by atoms with Crippen LogP contribution in [0.5, 0.6) is 5.75 Å².